The lowest BCUT2D eigenvalue weighted by Crippen LogP contribution is -2.09. The summed E-state index contributed by atoms with van der Waals surface area (Å²) < 4.78 is 10.4. The van der Waals surface area contributed by atoms with Gasteiger partial charge in [0.25, 0.3) is 0 Å². The molecule has 1 rings (SSSR count). The first-order valence-electron chi connectivity index (χ1n) is 4.98. The van der Waals surface area contributed by atoms with Crippen molar-refractivity contribution < 1.29 is 19.4 Å². The van der Waals surface area contributed by atoms with Crippen molar-refractivity contribution in [3.63, 3.8) is 0 Å². The summed E-state index contributed by atoms with van der Waals surface area (Å²) in [4.78, 5) is 10.3. The van der Waals surface area contributed by atoms with E-state index in [1.165, 1.54) is 0 Å². The molecule has 4 heteroatoms. The third-order valence-electron chi connectivity index (χ3n) is 1.70. The summed E-state index contributed by atoms with van der Waals surface area (Å²) in [5.41, 5.74) is 0. The number of carbonyl (C=O) groups is 1. The van der Waals surface area contributed by atoms with E-state index in [2.05, 4.69) is 6.92 Å². The molecule has 0 bridgehead atoms. The van der Waals surface area contributed by atoms with Crippen LogP contribution in [0.25, 0.3) is 0 Å². The Labute approximate surface area is 94.8 Å². The first-order valence-corrected chi connectivity index (χ1v) is 4.98. The second-order valence-electron chi connectivity index (χ2n) is 3.57. The van der Waals surface area contributed by atoms with Gasteiger partial charge in [-0.25, -0.2) is 4.79 Å². The summed E-state index contributed by atoms with van der Waals surface area (Å²) in [6.07, 6.45) is 0. The van der Waals surface area contributed by atoms with Gasteiger partial charge in [0.15, 0.2) is 6.61 Å². The Hall–Kier alpha value is -1.84. The van der Waals surface area contributed by atoms with E-state index in [1.807, 2.05) is 6.92 Å². The molecule has 0 fully saturated rings. The van der Waals surface area contributed by atoms with E-state index in [4.69, 9.17) is 14.6 Å². The van der Waals surface area contributed by atoms with Crippen LogP contribution >= 0.6 is 0 Å². The van der Waals surface area contributed by atoms with Gasteiger partial charge in [-0.2, -0.15) is 0 Å². The van der Waals surface area contributed by atoms with E-state index in [1.54, 1.807) is 24.3 Å². The lowest BCUT2D eigenvalue weighted by atomic mass is 10.2. The third-order valence-corrected chi connectivity index (χ3v) is 1.70. The van der Waals surface area contributed by atoms with Crippen molar-refractivity contribution in [3.05, 3.63) is 31.2 Å². The Morgan fingerprint density at radius 2 is 2.06 bits per heavy atom. The van der Waals surface area contributed by atoms with E-state index >= 15 is 0 Å². The van der Waals surface area contributed by atoms with E-state index in [0.717, 1.165) is 0 Å². The van der Waals surface area contributed by atoms with Crippen LogP contribution < -0.4 is 9.47 Å². The number of carboxylic acid groups (broad SMARTS) is 1. The second kappa shape index (κ2) is 5.90. The molecule has 1 aromatic carbocycles. The van der Waals surface area contributed by atoms with E-state index < -0.39 is 5.97 Å². The average molecular weight is 223 g/mol. The zero-order chi connectivity index (χ0) is 12.0. The molecule has 1 unspecified atom stereocenters. The Kier molecular flexibility index (Phi) is 4.51. The quantitative estimate of drug-likeness (QED) is 0.749. The van der Waals surface area contributed by atoms with E-state index in [9.17, 15) is 4.79 Å². The molecular weight excluding hydrogens is 208 g/mol. The van der Waals surface area contributed by atoms with Crippen molar-refractivity contribution in [2.45, 2.75) is 6.92 Å². The highest BCUT2D eigenvalue weighted by Crippen LogP contribution is 2.19. The van der Waals surface area contributed by atoms with Gasteiger partial charge in [-0.1, -0.05) is 6.07 Å². The molecule has 1 aromatic rings. The van der Waals surface area contributed by atoms with Crippen LogP contribution in [0.4, 0.5) is 0 Å². The van der Waals surface area contributed by atoms with Crippen LogP contribution in [0.1, 0.15) is 6.92 Å². The van der Waals surface area contributed by atoms with Gasteiger partial charge in [0.2, 0.25) is 0 Å². The molecule has 0 saturated heterocycles. The summed E-state index contributed by atoms with van der Waals surface area (Å²) in [6.45, 7) is 5.91. The summed E-state index contributed by atoms with van der Waals surface area (Å²) in [7, 11) is 0. The van der Waals surface area contributed by atoms with Crippen molar-refractivity contribution >= 4 is 5.97 Å². The van der Waals surface area contributed by atoms with E-state index in [-0.39, 0.29) is 12.5 Å². The Balaban J connectivity index is 2.53. The predicted molar refractivity (Wildman–Crippen MR) is 59.6 cm³/mol. The molecule has 1 N–H and O–H groups in total. The third kappa shape index (κ3) is 4.59. The summed E-state index contributed by atoms with van der Waals surface area (Å²) in [5, 5.41) is 8.46. The minimum absolute atomic E-state index is 0.198. The molecule has 0 aromatic heterocycles. The fourth-order valence-electron chi connectivity index (χ4n) is 1.04. The number of carboxylic acids is 1. The molecule has 0 spiro atoms. The topological polar surface area (TPSA) is 55.8 Å². The molecule has 0 heterocycles. The van der Waals surface area contributed by atoms with Crippen molar-refractivity contribution in [1.82, 2.24) is 0 Å². The van der Waals surface area contributed by atoms with Crippen LogP contribution in [0, 0.1) is 12.8 Å². The zero-order valence-corrected chi connectivity index (χ0v) is 9.18. The van der Waals surface area contributed by atoms with Gasteiger partial charge in [0.05, 0.1) is 6.92 Å². The van der Waals surface area contributed by atoms with Crippen LogP contribution in [0.15, 0.2) is 24.3 Å². The largest absolute Gasteiger partial charge is 0.489 e. The molecule has 1 atom stereocenters. The second-order valence-corrected chi connectivity index (χ2v) is 3.57. The maximum absolute atomic E-state index is 10.3. The van der Waals surface area contributed by atoms with Crippen LogP contribution in [0.2, 0.25) is 0 Å². The minimum Gasteiger partial charge on any atom is -0.489 e. The molecule has 0 saturated carbocycles. The van der Waals surface area contributed by atoms with Gasteiger partial charge >= 0.3 is 5.97 Å². The maximum atomic E-state index is 10.3. The van der Waals surface area contributed by atoms with Gasteiger partial charge in [0, 0.05) is 6.07 Å². The SMILES string of the molecule is [CH2+]C(C)COc1cccc(OCC(=O)O)c1. The standard InChI is InChI=1S/C12H14O4/c1-9(2)7-15-10-4-3-5-11(6-10)16-8-12(13)14/h3-6,9H,1,7-8H2,2H3/p+1. The molecular formula is C12H15O4+. The number of rotatable bonds is 6. The lowest BCUT2D eigenvalue weighted by Gasteiger charge is -2.08. The molecule has 0 aliphatic rings. The van der Waals surface area contributed by atoms with Crippen LogP contribution in [-0.4, -0.2) is 24.3 Å². The minimum atomic E-state index is -1.00. The van der Waals surface area contributed by atoms with Crippen molar-refractivity contribution in [2.75, 3.05) is 13.2 Å². The highest BCUT2D eigenvalue weighted by Gasteiger charge is 2.04. The normalized spacial score (nSPS) is 11.8. The predicted octanol–water partition coefficient (Wildman–Crippen LogP) is 2.00. The van der Waals surface area contributed by atoms with Gasteiger partial charge in [0.1, 0.15) is 24.0 Å². The maximum Gasteiger partial charge on any atom is 0.341 e. The molecule has 0 aliphatic heterocycles. The zero-order valence-electron chi connectivity index (χ0n) is 9.18. The molecule has 16 heavy (non-hydrogen) atoms. The number of benzene rings is 1. The highest BCUT2D eigenvalue weighted by molar-refractivity contribution is 5.68. The lowest BCUT2D eigenvalue weighted by molar-refractivity contribution is -0.139. The number of ether oxygens (including phenoxy) is 2. The van der Waals surface area contributed by atoms with Gasteiger partial charge in [-0.3, -0.25) is 0 Å². The molecule has 0 aliphatic carbocycles. The van der Waals surface area contributed by atoms with Crippen molar-refractivity contribution in [2.24, 2.45) is 5.92 Å². The van der Waals surface area contributed by atoms with Gasteiger partial charge in [-0.05, 0) is 19.1 Å². The first kappa shape index (κ1) is 12.2. The number of hydrogen-bond acceptors (Lipinski definition) is 3. The molecule has 86 valence electrons. The number of aliphatic carboxylic acids is 1. The molecule has 4 nitrogen and oxygen atoms in total. The van der Waals surface area contributed by atoms with Gasteiger partial charge in [-0.15, -0.1) is 0 Å². The fourth-order valence-corrected chi connectivity index (χ4v) is 1.04. The van der Waals surface area contributed by atoms with Crippen molar-refractivity contribution in [3.8, 4) is 11.5 Å². The first-order chi connectivity index (χ1) is 7.58. The van der Waals surface area contributed by atoms with Crippen molar-refractivity contribution in [1.29, 1.82) is 0 Å². The summed E-state index contributed by atoms with van der Waals surface area (Å²) in [6, 6.07) is 6.88. The Morgan fingerprint density at radius 1 is 1.44 bits per heavy atom. The highest BCUT2D eigenvalue weighted by atomic mass is 16.5. The Morgan fingerprint density at radius 3 is 2.62 bits per heavy atom. The van der Waals surface area contributed by atoms with Crippen LogP contribution in [-0.2, 0) is 4.79 Å². The van der Waals surface area contributed by atoms with E-state index in [0.29, 0.717) is 18.1 Å². The monoisotopic (exact) mass is 223 g/mol. The molecule has 0 amide bonds. The smallest absolute Gasteiger partial charge is 0.341 e. The van der Waals surface area contributed by atoms with Gasteiger partial charge < -0.3 is 14.6 Å². The Bertz CT molecular complexity index is 347. The number of hydrogen-bond donors (Lipinski definition) is 1. The van der Waals surface area contributed by atoms with Crippen LogP contribution in [0.5, 0.6) is 11.5 Å². The fraction of sp³-hybridized carbons (Fsp3) is 0.333. The van der Waals surface area contributed by atoms with Crippen LogP contribution in [0.3, 0.4) is 0 Å². The average Bonchev–Trinajstić information content (AvgIpc) is 2.24. The summed E-state index contributed by atoms with van der Waals surface area (Å²) in [5.74, 6) is 0.330. The summed E-state index contributed by atoms with van der Waals surface area (Å²) >= 11 is 0. The molecule has 0 radical (unpaired) electrons.